The Morgan fingerprint density at radius 1 is 1.44 bits per heavy atom. The zero-order valence-corrected chi connectivity index (χ0v) is 11.1. The van der Waals surface area contributed by atoms with Gasteiger partial charge >= 0.3 is 12.0 Å². The molecule has 6 heteroatoms. The number of urea groups is 1. The van der Waals surface area contributed by atoms with Gasteiger partial charge in [0.25, 0.3) is 0 Å². The monoisotopic (exact) mass is 257 g/mol. The fraction of sp³-hybridized carbons (Fsp3) is 0.833. The minimum Gasteiger partial charge on any atom is -0.480 e. The summed E-state index contributed by atoms with van der Waals surface area (Å²) in [5, 5.41) is 8.89. The van der Waals surface area contributed by atoms with Gasteiger partial charge in [0.2, 0.25) is 0 Å². The van der Waals surface area contributed by atoms with Gasteiger partial charge in [-0.1, -0.05) is 6.92 Å². The summed E-state index contributed by atoms with van der Waals surface area (Å²) in [4.78, 5) is 26.3. The van der Waals surface area contributed by atoms with E-state index in [1.54, 1.807) is 4.90 Å². The van der Waals surface area contributed by atoms with E-state index in [1.165, 1.54) is 4.90 Å². The molecule has 0 saturated carbocycles. The van der Waals surface area contributed by atoms with Crippen molar-refractivity contribution in [3.63, 3.8) is 0 Å². The van der Waals surface area contributed by atoms with Gasteiger partial charge in [0, 0.05) is 25.2 Å². The summed E-state index contributed by atoms with van der Waals surface area (Å²) in [5.74, 6) is -0.975. The highest BCUT2D eigenvalue weighted by atomic mass is 16.4. The molecule has 1 aliphatic heterocycles. The van der Waals surface area contributed by atoms with Crippen molar-refractivity contribution in [2.45, 2.75) is 45.2 Å². The zero-order chi connectivity index (χ0) is 13.7. The van der Waals surface area contributed by atoms with Crippen molar-refractivity contribution in [2.24, 2.45) is 5.73 Å². The predicted octanol–water partition coefficient (Wildman–Crippen LogP) is 0.715. The first-order chi connectivity index (χ1) is 8.45. The number of carboxylic acid groups (broad SMARTS) is 1. The van der Waals surface area contributed by atoms with Crippen LogP contribution in [-0.4, -0.2) is 58.6 Å². The lowest BCUT2D eigenvalue weighted by molar-refractivity contribution is -0.138. The Hall–Kier alpha value is -1.30. The Morgan fingerprint density at radius 2 is 2.00 bits per heavy atom. The quantitative estimate of drug-likeness (QED) is 0.776. The van der Waals surface area contributed by atoms with Gasteiger partial charge in [-0.2, -0.15) is 0 Å². The molecule has 18 heavy (non-hydrogen) atoms. The Morgan fingerprint density at radius 3 is 2.44 bits per heavy atom. The zero-order valence-electron chi connectivity index (χ0n) is 11.1. The van der Waals surface area contributed by atoms with Gasteiger partial charge in [-0.15, -0.1) is 0 Å². The number of carbonyl (C=O) groups excluding carboxylic acids is 1. The number of aliphatic carboxylic acids is 1. The standard InChI is InChI=1S/C12H23N3O3/c1-3-9(2)15(8-11(16)17)12(18)14-6-4-10(13)5-7-14/h9-10H,3-8,13H2,1-2H3,(H,16,17). The van der Waals surface area contributed by atoms with Crippen molar-refractivity contribution >= 4 is 12.0 Å². The van der Waals surface area contributed by atoms with Crippen LogP contribution in [0.1, 0.15) is 33.1 Å². The second-order valence-corrected chi connectivity index (χ2v) is 4.89. The lowest BCUT2D eigenvalue weighted by Crippen LogP contribution is -2.52. The van der Waals surface area contributed by atoms with Crippen LogP contribution in [0, 0.1) is 0 Å². The number of hydrogen-bond donors (Lipinski definition) is 2. The van der Waals surface area contributed by atoms with Gasteiger partial charge < -0.3 is 20.6 Å². The van der Waals surface area contributed by atoms with E-state index in [-0.39, 0.29) is 24.7 Å². The first-order valence-corrected chi connectivity index (χ1v) is 6.48. The third kappa shape index (κ3) is 3.87. The van der Waals surface area contributed by atoms with E-state index < -0.39 is 5.97 Å². The molecule has 1 aliphatic rings. The highest BCUT2D eigenvalue weighted by Gasteiger charge is 2.28. The van der Waals surface area contributed by atoms with Crippen molar-refractivity contribution in [1.82, 2.24) is 9.80 Å². The van der Waals surface area contributed by atoms with Crippen LogP contribution < -0.4 is 5.73 Å². The third-order valence-electron chi connectivity index (χ3n) is 3.48. The second-order valence-electron chi connectivity index (χ2n) is 4.89. The Kier molecular flexibility index (Phi) is 5.40. The van der Waals surface area contributed by atoms with E-state index in [2.05, 4.69) is 0 Å². The highest BCUT2D eigenvalue weighted by molar-refractivity contribution is 5.80. The lowest BCUT2D eigenvalue weighted by atomic mass is 10.1. The number of hydrogen-bond acceptors (Lipinski definition) is 3. The molecule has 0 aromatic heterocycles. The van der Waals surface area contributed by atoms with Crippen LogP contribution >= 0.6 is 0 Å². The minimum atomic E-state index is -0.975. The molecule has 1 unspecified atom stereocenters. The Bertz CT molecular complexity index is 301. The number of nitrogens with zero attached hydrogens (tertiary/aromatic N) is 2. The molecule has 6 nitrogen and oxygen atoms in total. The van der Waals surface area contributed by atoms with Gasteiger partial charge in [-0.05, 0) is 26.2 Å². The Balaban J connectivity index is 2.66. The van der Waals surface area contributed by atoms with Crippen LogP contribution in [0.15, 0.2) is 0 Å². The number of nitrogens with two attached hydrogens (primary N) is 1. The van der Waals surface area contributed by atoms with Crippen molar-refractivity contribution < 1.29 is 14.7 Å². The van der Waals surface area contributed by atoms with E-state index in [4.69, 9.17) is 10.8 Å². The van der Waals surface area contributed by atoms with Gasteiger partial charge in [0.05, 0.1) is 0 Å². The molecule has 1 saturated heterocycles. The molecular formula is C12H23N3O3. The maximum atomic E-state index is 12.3. The summed E-state index contributed by atoms with van der Waals surface area (Å²) in [5.41, 5.74) is 5.79. The van der Waals surface area contributed by atoms with E-state index in [0.717, 1.165) is 19.3 Å². The van der Waals surface area contributed by atoms with E-state index >= 15 is 0 Å². The molecule has 0 radical (unpaired) electrons. The van der Waals surface area contributed by atoms with Crippen molar-refractivity contribution in [3.05, 3.63) is 0 Å². The highest BCUT2D eigenvalue weighted by Crippen LogP contribution is 2.13. The summed E-state index contributed by atoms with van der Waals surface area (Å²) in [6.45, 7) is 4.81. The number of likely N-dealkylation sites (tertiary alicyclic amines) is 1. The summed E-state index contributed by atoms with van der Waals surface area (Å²) in [7, 11) is 0. The summed E-state index contributed by atoms with van der Waals surface area (Å²) >= 11 is 0. The maximum Gasteiger partial charge on any atom is 0.323 e. The average Bonchev–Trinajstić information content (AvgIpc) is 2.35. The lowest BCUT2D eigenvalue weighted by Gasteiger charge is -2.36. The first-order valence-electron chi connectivity index (χ1n) is 6.48. The van der Waals surface area contributed by atoms with E-state index in [0.29, 0.717) is 13.1 Å². The molecular weight excluding hydrogens is 234 g/mol. The molecule has 1 heterocycles. The summed E-state index contributed by atoms with van der Waals surface area (Å²) in [6.07, 6.45) is 2.31. The molecule has 1 atom stereocenters. The summed E-state index contributed by atoms with van der Waals surface area (Å²) in [6, 6.07) is -0.0894. The molecule has 104 valence electrons. The van der Waals surface area contributed by atoms with E-state index in [1.807, 2.05) is 13.8 Å². The minimum absolute atomic E-state index is 0.0656. The molecule has 0 aliphatic carbocycles. The van der Waals surface area contributed by atoms with Crippen LogP contribution in [0.2, 0.25) is 0 Å². The number of carboxylic acids is 1. The fourth-order valence-corrected chi connectivity index (χ4v) is 2.05. The number of carbonyl (C=O) groups is 2. The molecule has 1 fully saturated rings. The van der Waals surface area contributed by atoms with Crippen molar-refractivity contribution in [1.29, 1.82) is 0 Å². The predicted molar refractivity (Wildman–Crippen MR) is 68.3 cm³/mol. The molecule has 2 amide bonds. The second kappa shape index (κ2) is 6.58. The molecule has 0 bridgehead atoms. The maximum absolute atomic E-state index is 12.3. The van der Waals surface area contributed by atoms with Crippen LogP contribution in [0.5, 0.6) is 0 Å². The normalized spacial score (nSPS) is 18.5. The SMILES string of the molecule is CCC(C)N(CC(=O)O)C(=O)N1CCC(N)CC1. The van der Waals surface area contributed by atoms with Gasteiger partial charge in [-0.3, -0.25) is 4.79 Å². The van der Waals surface area contributed by atoms with Gasteiger partial charge in [0.1, 0.15) is 6.54 Å². The van der Waals surface area contributed by atoms with Crippen LogP contribution in [0.25, 0.3) is 0 Å². The van der Waals surface area contributed by atoms with Gasteiger partial charge in [-0.25, -0.2) is 4.79 Å². The number of amides is 2. The molecule has 3 N–H and O–H groups in total. The third-order valence-corrected chi connectivity index (χ3v) is 3.48. The Labute approximate surface area is 108 Å². The van der Waals surface area contributed by atoms with Crippen LogP contribution in [0.3, 0.4) is 0 Å². The van der Waals surface area contributed by atoms with Crippen molar-refractivity contribution in [2.75, 3.05) is 19.6 Å². The molecule has 1 rings (SSSR count). The molecule has 0 aromatic rings. The molecule has 0 spiro atoms. The fourth-order valence-electron chi connectivity index (χ4n) is 2.05. The topological polar surface area (TPSA) is 86.9 Å². The van der Waals surface area contributed by atoms with Crippen LogP contribution in [0.4, 0.5) is 4.79 Å². The van der Waals surface area contributed by atoms with Gasteiger partial charge in [0.15, 0.2) is 0 Å². The van der Waals surface area contributed by atoms with Crippen molar-refractivity contribution in [3.8, 4) is 0 Å². The average molecular weight is 257 g/mol. The van der Waals surface area contributed by atoms with Crippen LogP contribution in [-0.2, 0) is 4.79 Å². The van der Waals surface area contributed by atoms with E-state index in [9.17, 15) is 9.59 Å². The largest absolute Gasteiger partial charge is 0.480 e. The number of rotatable bonds is 4. The smallest absolute Gasteiger partial charge is 0.323 e. The summed E-state index contributed by atoms with van der Waals surface area (Å²) < 4.78 is 0. The number of piperidine rings is 1. The first kappa shape index (κ1) is 14.8. The molecule has 0 aromatic carbocycles.